The maximum absolute atomic E-state index is 12.1. The Kier molecular flexibility index (Phi) is 7.54. The highest BCUT2D eigenvalue weighted by Crippen LogP contribution is 2.26. The van der Waals surface area contributed by atoms with E-state index in [1.165, 1.54) is 0 Å². The van der Waals surface area contributed by atoms with Gasteiger partial charge in [0.05, 0.1) is 12.3 Å². The molecule has 1 aliphatic heterocycles. The van der Waals surface area contributed by atoms with Crippen molar-refractivity contribution in [3.63, 3.8) is 0 Å². The summed E-state index contributed by atoms with van der Waals surface area (Å²) in [6.45, 7) is 6.72. The highest BCUT2D eigenvalue weighted by atomic mass is 35.5. The lowest BCUT2D eigenvalue weighted by atomic mass is 10.0. The summed E-state index contributed by atoms with van der Waals surface area (Å²) in [5.41, 5.74) is 1.91. The molecule has 1 atom stereocenters. The Balaban J connectivity index is 0.00000220. The van der Waals surface area contributed by atoms with Gasteiger partial charge in [-0.3, -0.25) is 4.79 Å². The van der Waals surface area contributed by atoms with Crippen molar-refractivity contribution in [2.24, 2.45) is 5.92 Å². The maximum atomic E-state index is 12.1. The Bertz CT molecular complexity index is 460. The van der Waals surface area contributed by atoms with Gasteiger partial charge in [0.1, 0.15) is 5.75 Å². The van der Waals surface area contributed by atoms with Crippen LogP contribution in [0.15, 0.2) is 18.2 Å². The highest BCUT2D eigenvalue weighted by Gasteiger charge is 2.18. The molecule has 1 saturated heterocycles. The molecule has 1 aromatic rings. The van der Waals surface area contributed by atoms with Gasteiger partial charge in [0.2, 0.25) is 5.91 Å². The smallest absolute Gasteiger partial charge is 0.224 e. The molecular weight excluding hydrogens is 288 g/mol. The molecule has 5 heteroatoms. The number of aryl methyl sites for hydroxylation is 1. The summed E-state index contributed by atoms with van der Waals surface area (Å²) in [6.07, 6.45) is 2.61. The van der Waals surface area contributed by atoms with Crippen LogP contribution in [0.1, 0.15) is 31.7 Å². The number of amides is 1. The average Bonchev–Trinajstić information content (AvgIpc) is 2.91. The fourth-order valence-corrected chi connectivity index (χ4v) is 2.42. The second-order valence-corrected chi connectivity index (χ2v) is 5.46. The number of rotatable bonds is 6. The van der Waals surface area contributed by atoms with Crippen LogP contribution >= 0.6 is 12.4 Å². The molecule has 21 heavy (non-hydrogen) atoms. The molecule has 0 saturated carbocycles. The van der Waals surface area contributed by atoms with E-state index in [4.69, 9.17) is 4.74 Å². The van der Waals surface area contributed by atoms with Crippen LogP contribution in [-0.4, -0.2) is 25.6 Å². The third-order valence-electron chi connectivity index (χ3n) is 3.51. The van der Waals surface area contributed by atoms with Crippen LogP contribution in [0, 0.1) is 12.8 Å². The number of carbonyl (C=O) groups excluding carboxylic acids is 1. The fraction of sp³-hybridized carbons (Fsp3) is 0.562. The number of nitrogens with one attached hydrogen (secondary N) is 2. The summed E-state index contributed by atoms with van der Waals surface area (Å²) >= 11 is 0. The van der Waals surface area contributed by atoms with Gasteiger partial charge >= 0.3 is 0 Å². The van der Waals surface area contributed by atoms with Crippen molar-refractivity contribution in [3.05, 3.63) is 23.8 Å². The first-order chi connectivity index (χ1) is 9.69. The summed E-state index contributed by atoms with van der Waals surface area (Å²) in [5, 5.41) is 6.27. The van der Waals surface area contributed by atoms with E-state index >= 15 is 0 Å². The lowest BCUT2D eigenvalue weighted by Gasteiger charge is -2.14. The quantitative estimate of drug-likeness (QED) is 0.848. The van der Waals surface area contributed by atoms with Crippen LogP contribution in [-0.2, 0) is 4.79 Å². The molecule has 0 spiro atoms. The van der Waals surface area contributed by atoms with Gasteiger partial charge in [-0.1, -0.05) is 13.0 Å². The van der Waals surface area contributed by atoms with Gasteiger partial charge in [0.25, 0.3) is 0 Å². The van der Waals surface area contributed by atoms with Gasteiger partial charge < -0.3 is 15.4 Å². The molecule has 0 aromatic heterocycles. The lowest BCUT2D eigenvalue weighted by Crippen LogP contribution is -2.18. The van der Waals surface area contributed by atoms with Crippen molar-refractivity contribution in [2.75, 3.05) is 25.0 Å². The van der Waals surface area contributed by atoms with Crippen molar-refractivity contribution in [3.8, 4) is 5.75 Å². The minimum absolute atomic E-state index is 0. The third-order valence-corrected chi connectivity index (χ3v) is 3.51. The zero-order chi connectivity index (χ0) is 14.4. The van der Waals surface area contributed by atoms with Gasteiger partial charge in [-0.25, -0.2) is 0 Å². The number of benzene rings is 1. The topological polar surface area (TPSA) is 50.4 Å². The molecule has 1 heterocycles. The van der Waals surface area contributed by atoms with Gasteiger partial charge in [0.15, 0.2) is 0 Å². The molecule has 2 rings (SSSR count). The van der Waals surface area contributed by atoms with Crippen LogP contribution < -0.4 is 15.4 Å². The van der Waals surface area contributed by atoms with Crippen molar-refractivity contribution < 1.29 is 9.53 Å². The normalized spacial score (nSPS) is 17.1. The number of halogens is 1. The highest BCUT2D eigenvalue weighted by molar-refractivity contribution is 5.92. The van der Waals surface area contributed by atoms with Gasteiger partial charge in [0, 0.05) is 6.42 Å². The molecule has 4 nitrogen and oxygen atoms in total. The summed E-state index contributed by atoms with van der Waals surface area (Å²) < 4.78 is 5.71. The van der Waals surface area contributed by atoms with Crippen molar-refractivity contribution in [1.82, 2.24) is 5.32 Å². The molecule has 0 radical (unpaired) electrons. The Morgan fingerprint density at radius 3 is 2.95 bits per heavy atom. The van der Waals surface area contributed by atoms with E-state index < -0.39 is 0 Å². The first-order valence-corrected chi connectivity index (χ1v) is 7.43. The Morgan fingerprint density at radius 2 is 2.29 bits per heavy atom. The molecule has 118 valence electrons. The van der Waals surface area contributed by atoms with Gasteiger partial charge in [-0.05, 0) is 56.5 Å². The van der Waals surface area contributed by atoms with E-state index in [1.54, 1.807) is 0 Å². The second kappa shape index (κ2) is 8.90. The molecule has 0 aliphatic carbocycles. The van der Waals surface area contributed by atoms with Crippen LogP contribution in [0.3, 0.4) is 0 Å². The predicted molar refractivity (Wildman–Crippen MR) is 88.4 cm³/mol. The van der Waals surface area contributed by atoms with Crippen LogP contribution in [0.25, 0.3) is 0 Å². The van der Waals surface area contributed by atoms with E-state index in [9.17, 15) is 4.79 Å². The first-order valence-electron chi connectivity index (χ1n) is 7.43. The van der Waals surface area contributed by atoms with Crippen molar-refractivity contribution >= 4 is 24.0 Å². The SMILES string of the molecule is CCCOc1cc(C)ccc1NC(=O)CC1CCNC1.Cl. The first kappa shape index (κ1) is 17.8. The predicted octanol–water partition coefficient (Wildman–Crippen LogP) is 3.14. The Morgan fingerprint density at radius 1 is 1.48 bits per heavy atom. The van der Waals surface area contributed by atoms with E-state index in [2.05, 4.69) is 17.6 Å². The third kappa shape index (κ3) is 5.56. The summed E-state index contributed by atoms with van der Waals surface area (Å²) in [6, 6.07) is 5.89. The molecule has 0 bridgehead atoms. The fourth-order valence-electron chi connectivity index (χ4n) is 2.42. The molecular formula is C16H25ClN2O2. The largest absolute Gasteiger partial charge is 0.491 e. The minimum atomic E-state index is 0. The number of carbonyl (C=O) groups is 1. The van der Waals surface area contributed by atoms with Crippen molar-refractivity contribution in [2.45, 2.75) is 33.1 Å². The maximum Gasteiger partial charge on any atom is 0.224 e. The Labute approximate surface area is 133 Å². The number of hydrogen-bond donors (Lipinski definition) is 2. The second-order valence-electron chi connectivity index (χ2n) is 5.46. The van der Waals surface area contributed by atoms with Crippen LogP contribution in [0.2, 0.25) is 0 Å². The zero-order valence-electron chi connectivity index (χ0n) is 12.8. The molecule has 1 fully saturated rings. The van der Waals surface area contributed by atoms with E-state index in [0.717, 1.165) is 42.9 Å². The molecule has 1 aromatic carbocycles. The van der Waals surface area contributed by atoms with Crippen molar-refractivity contribution in [1.29, 1.82) is 0 Å². The standard InChI is InChI=1S/C16H24N2O2.ClH/c1-3-8-20-15-9-12(2)4-5-14(15)18-16(19)10-13-6-7-17-11-13;/h4-5,9,13,17H,3,6-8,10-11H2,1-2H3,(H,18,19);1H. The Hall–Kier alpha value is -1.26. The summed E-state index contributed by atoms with van der Waals surface area (Å²) in [4.78, 5) is 12.1. The lowest BCUT2D eigenvalue weighted by molar-refractivity contribution is -0.117. The average molecular weight is 313 g/mol. The monoisotopic (exact) mass is 312 g/mol. The summed E-state index contributed by atoms with van der Waals surface area (Å²) in [7, 11) is 0. The van der Waals surface area contributed by atoms with E-state index in [0.29, 0.717) is 18.9 Å². The zero-order valence-corrected chi connectivity index (χ0v) is 13.6. The van der Waals surface area contributed by atoms with Crippen LogP contribution in [0.5, 0.6) is 5.75 Å². The number of anilines is 1. The van der Waals surface area contributed by atoms with E-state index in [-0.39, 0.29) is 18.3 Å². The van der Waals surface area contributed by atoms with E-state index in [1.807, 2.05) is 25.1 Å². The summed E-state index contributed by atoms with van der Waals surface area (Å²) in [5.74, 6) is 1.30. The van der Waals surface area contributed by atoms with Gasteiger partial charge in [-0.2, -0.15) is 0 Å². The molecule has 2 N–H and O–H groups in total. The molecule has 1 aliphatic rings. The number of ether oxygens (including phenoxy) is 1. The number of hydrogen-bond acceptors (Lipinski definition) is 3. The minimum Gasteiger partial charge on any atom is -0.491 e. The van der Waals surface area contributed by atoms with Gasteiger partial charge in [-0.15, -0.1) is 12.4 Å². The molecule has 1 amide bonds. The molecule has 1 unspecified atom stereocenters. The van der Waals surface area contributed by atoms with Crippen LogP contribution in [0.4, 0.5) is 5.69 Å².